The normalized spacial score (nSPS) is 15.5. The first kappa shape index (κ1) is 71.4. The molecule has 0 aliphatic heterocycles. The van der Waals surface area contributed by atoms with Crippen LogP contribution in [0.15, 0.2) is 0 Å². The van der Waals surface area contributed by atoms with Gasteiger partial charge in [0.25, 0.3) is 0 Å². The first-order valence-electron chi connectivity index (χ1n) is 26.3. The Morgan fingerprint density at radius 1 is 0.423 bits per heavy atom. The molecule has 0 unspecified atom stereocenters. The Hall–Kier alpha value is -6.56. The van der Waals surface area contributed by atoms with E-state index in [4.69, 9.17) is 17.2 Å². The molecule has 0 saturated carbocycles. The van der Waals surface area contributed by atoms with E-state index in [0.29, 0.717) is 19.3 Å². The summed E-state index contributed by atoms with van der Waals surface area (Å²) in [7, 11) is 0. The third-order valence-electron chi connectivity index (χ3n) is 12.3. The van der Waals surface area contributed by atoms with Crippen LogP contribution in [0.25, 0.3) is 0 Å². The molecule has 11 atom stereocenters. The van der Waals surface area contributed by atoms with Crippen LogP contribution in [0.3, 0.4) is 0 Å². The lowest BCUT2D eigenvalue weighted by Gasteiger charge is -2.29. The van der Waals surface area contributed by atoms with Crippen molar-refractivity contribution >= 4 is 71.1 Å². The van der Waals surface area contributed by atoms with E-state index in [1.807, 2.05) is 5.32 Å². The molecule has 0 fully saturated rings. The lowest BCUT2D eigenvalue weighted by molar-refractivity contribution is -0.144. The molecule has 9 amide bonds. The van der Waals surface area contributed by atoms with Gasteiger partial charge in [0, 0.05) is 12.8 Å². The van der Waals surface area contributed by atoms with Gasteiger partial charge in [-0.15, -0.1) is 0 Å². The molecule has 78 heavy (non-hydrogen) atoms. The van der Waals surface area contributed by atoms with E-state index >= 15 is 0 Å². The van der Waals surface area contributed by atoms with E-state index in [2.05, 4.69) is 42.5 Å². The SMILES string of the molecule is CC[C@H](C)[C@H](NC(=O)CN)C(=O)N[C@H](C(=O)N[C@@H](CCC(=O)O)C(=O)N[C@@H](CC(C)C)C(=O)N[C@@H](CCCCN)C(=O)N[C@@H](CCCCN)C(=O)N[C@@H](CC(C)C)C(=O)N[C@@H](CCC(=O)O)C(=O)N[C@@H](CO)C(=O)O)[C@@H](C)O. The van der Waals surface area contributed by atoms with E-state index in [1.54, 1.807) is 41.5 Å². The fourth-order valence-corrected chi connectivity index (χ4v) is 7.67. The Kier molecular flexibility index (Phi) is 34.9. The summed E-state index contributed by atoms with van der Waals surface area (Å²) in [4.78, 5) is 158. The third-order valence-corrected chi connectivity index (χ3v) is 12.3. The summed E-state index contributed by atoms with van der Waals surface area (Å²) in [5.41, 5.74) is 16.9. The Balaban J connectivity index is 6.91. The van der Waals surface area contributed by atoms with Gasteiger partial charge in [0.05, 0.1) is 19.3 Å². The number of aliphatic carboxylic acids is 3. The lowest BCUT2D eigenvalue weighted by Crippen LogP contribution is -2.62. The van der Waals surface area contributed by atoms with Gasteiger partial charge in [-0.2, -0.15) is 0 Å². The molecule has 0 bridgehead atoms. The van der Waals surface area contributed by atoms with Crippen molar-refractivity contribution in [3.05, 3.63) is 0 Å². The van der Waals surface area contributed by atoms with Gasteiger partial charge in [0.2, 0.25) is 53.2 Å². The molecule has 0 aromatic carbocycles. The van der Waals surface area contributed by atoms with Gasteiger partial charge in [-0.3, -0.25) is 52.7 Å². The summed E-state index contributed by atoms with van der Waals surface area (Å²) in [6.45, 7) is 10.4. The van der Waals surface area contributed by atoms with Crippen molar-refractivity contribution in [1.29, 1.82) is 0 Å². The van der Waals surface area contributed by atoms with Gasteiger partial charge >= 0.3 is 17.9 Å². The molecule has 0 saturated heterocycles. The second kappa shape index (κ2) is 38.1. The minimum atomic E-state index is -1.79. The number of nitrogens with two attached hydrogens (primary N) is 3. The minimum absolute atomic E-state index is 0.0337. The van der Waals surface area contributed by atoms with Crippen LogP contribution in [0, 0.1) is 17.8 Å². The summed E-state index contributed by atoms with van der Waals surface area (Å²) in [5.74, 6) is -13.8. The van der Waals surface area contributed by atoms with Crippen LogP contribution in [-0.2, 0) is 57.5 Å². The van der Waals surface area contributed by atoms with Crippen LogP contribution in [0.2, 0.25) is 0 Å². The van der Waals surface area contributed by atoms with Crippen LogP contribution < -0.4 is 65.1 Å². The molecule has 0 aromatic rings. The molecule has 0 heterocycles. The number of carboxylic acid groups (broad SMARTS) is 3. The highest BCUT2D eigenvalue weighted by Gasteiger charge is 2.37. The summed E-state index contributed by atoms with van der Waals surface area (Å²) < 4.78 is 0. The monoisotopic (exact) mass is 1120 g/mol. The molecule has 0 aliphatic rings. The van der Waals surface area contributed by atoms with Crippen LogP contribution in [0.1, 0.15) is 132 Å². The van der Waals surface area contributed by atoms with Crippen molar-refractivity contribution in [3.63, 3.8) is 0 Å². The highest BCUT2D eigenvalue weighted by atomic mass is 16.4. The Bertz CT molecular complexity index is 1990. The Labute approximate surface area is 454 Å². The maximum Gasteiger partial charge on any atom is 0.328 e. The average Bonchev–Trinajstić information content (AvgIpc) is 3.36. The van der Waals surface area contributed by atoms with Crippen LogP contribution >= 0.6 is 0 Å². The van der Waals surface area contributed by atoms with E-state index in [0.717, 1.165) is 0 Å². The maximum atomic E-state index is 14.3. The van der Waals surface area contributed by atoms with Crippen molar-refractivity contribution in [2.45, 2.75) is 192 Å². The van der Waals surface area contributed by atoms with E-state index in [9.17, 15) is 83.1 Å². The number of unbranched alkanes of at least 4 members (excludes halogenated alkanes) is 2. The quantitative estimate of drug-likeness (QED) is 0.0259. The first-order chi connectivity index (χ1) is 36.6. The van der Waals surface area contributed by atoms with Gasteiger partial charge in [-0.25, -0.2) is 4.79 Å². The van der Waals surface area contributed by atoms with E-state index in [-0.39, 0.29) is 63.5 Å². The Morgan fingerprint density at radius 2 is 0.756 bits per heavy atom. The number of hydrogen-bond donors (Lipinski definition) is 17. The second-order valence-corrected chi connectivity index (χ2v) is 20.0. The van der Waals surface area contributed by atoms with Crippen LogP contribution in [0.4, 0.5) is 0 Å². The first-order valence-corrected chi connectivity index (χ1v) is 26.3. The van der Waals surface area contributed by atoms with Crippen molar-refractivity contribution in [1.82, 2.24) is 47.9 Å². The largest absolute Gasteiger partial charge is 0.481 e. The Morgan fingerprint density at radius 3 is 1.06 bits per heavy atom. The second-order valence-electron chi connectivity index (χ2n) is 20.0. The molecule has 446 valence electrons. The van der Waals surface area contributed by atoms with E-state index in [1.165, 1.54) is 6.92 Å². The molecule has 0 rings (SSSR count). The fraction of sp³-hybridized carbons (Fsp3) is 0.755. The molecule has 29 heteroatoms. The molecular formula is C49H88N12O17. The van der Waals surface area contributed by atoms with Gasteiger partial charge in [-0.05, 0) is 102 Å². The summed E-state index contributed by atoms with van der Waals surface area (Å²) in [5, 5.41) is 70.2. The molecule has 0 aliphatic carbocycles. The van der Waals surface area contributed by atoms with Gasteiger partial charge in [0.15, 0.2) is 0 Å². The summed E-state index contributed by atoms with van der Waals surface area (Å²) in [6.07, 6.45) is -2.34. The highest BCUT2D eigenvalue weighted by Crippen LogP contribution is 2.14. The molecule has 0 aromatic heterocycles. The van der Waals surface area contributed by atoms with Crippen LogP contribution in [0.5, 0.6) is 0 Å². The third kappa shape index (κ3) is 28.2. The predicted octanol–water partition coefficient (Wildman–Crippen LogP) is -4.11. The van der Waals surface area contributed by atoms with Crippen molar-refractivity contribution in [2.75, 3.05) is 26.2 Å². The highest BCUT2D eigenvalue weighted by molar-refractivity contribution is 5.98. The van der Waals surface area contributed by atoms with Gasteiger partial charge in [0.1, 0.15) is 54.4 Å². The van der Waals surface area contributed by atoms with Crippen molar-refractivity contribution in [2.24, 2.45) is 35.0 Å². The number of aliphatic hydroxyl groups excluding tert-OH is 2. The summed E-state index contributed by atoms with van der Waals surface area (Å²) in [6, 6.07) is -13.6. The number of carboxylic acids is 3. The number of nitrogens with one attached hydrogen (secondary N) is 9. The topological polar surface area (TPSA) is 492 Å². The zero-order valence-corrected chi connectivity index (χ0v) is 45.9. The maximum absolute atomic E-state index is 14.3. The van der Waals surface area contributed by atoms with Gasteiger partial charge in [-0.1, -0.05) is 48.0 Å². The average molecular weight is 1120 g/mol. The minimum Gasteiger partial charge on any atom is -0.481 e. The number of hydrogen-bond acceptors (Lipinski definition) is 17. The zero-order chi connectivity index (χ0) is 59.8. The lowest BCUT2D eigenvalue weighted by atomic mass is 9.97. The standard InChI is InChI=1S/C49H88N12O17/c1-8-27(6)39(60-36(64)23-52)47(75)61-40(28(7)63)48(76)56-32(16-18-38(67)68)43(71)58-33(21-25(2)3)45(73)54-29(13-9-11-19-50)41(69)53-30(14-10-12-20-51)42(70)57-34(22-26(4)5)46(74)55-31(15-17-37(65)66)44(72)59-35(24-62)49(77)78/h25-35,39-40,62-63H,8-24,50-52H2,1-7H3,(H,53,69)(H,54,73)(H,55,74)(H,56,76)(H,57,70)(H,58,71)(H,59,72)(H,60,64)(H,61,75)(H,65,66)(H,67,68)(H,77,78)/t27-,28+,29-,30-,31-,32-,33-,34-,35-,39-,40-/m0/s1. The molecule has 0 radical (unpaired) electrons. The molecular weight excluding hydrogens is 1030 g/mol. The molecule has 0 spiro atoms. The number of rotatable bonds is 41. The number of amides is 9. The predicted molar refractivity (Wildman–Crippen MR) is 281 cm³/mol. The zero-order valence-electron chi connectivity index (χ0n) is 45.9. The molecule has 20 N–H and O–H groups in total. The van der Waals surface area contributed by atoms with E-state index < -0.39 is 176 Å². The van der Waals surface area contributed by atoms with Crippen molar-refractivity contribution in [3.8, 4) is 0 Å². The van der Waals surface area contributed by atoms with Crippen LogP contribution in [-0.4, -0.2) is 183 Å². The molecule has 29 nitrogen and oxygen atoms in total. The smallest absolute Gasteiger partial charge is 0.328 e. The summed E-state index contributed by atoms with van der Waals surface area (Å²) >= 11 is 0. The number of carbonyl (C=O) groups is 12. The number of aliphatic hydroxyl groups is 2. The fourth-order valence-electron chi connectivity index (χ4n) is 7.67. The van der Waals surface area contributed by atoms with Crippen molar-refractivity contribution < 1.29 is 83.1 Å². The number of carbonyl (C=O) groups excluding carboxylic acids is 9. The van der Waals surface area contributed by atoms with Gasteiger partial charge < -0.3 is 90.6 Å².